The van der Waals surface area contributed by atoms with Gasteiger partial charge in [0, 0.05) is 34.8 Å². The van der Waals surface area contributed by atoms with Gasteiger partial charge in [0.1, 0.15) is 5.82 Å². The van der Waals surface area contributed by atoms with Crippen LogP contribution in [0.1, 0.15) is 19.4 Å². The zero-order valence-electron chi connectivity index (χ0n) is 15.2. The smallest absolute Gasteiger partial charge is 0.251 e. The van der Waals surface area contributed by atoms with Crippen LogP contribution >= 0.6 is 11.6 Å². The zero-order valence-corrected chi connectivity index (χ0v) is 15.9. The molecule has 134 valence electrons. The van der Waals surface area contributed by atoms with Crippen molar-refractivity contribution in [1.29, 1.82) is 0 Å². The third-order valence-electron chi connectivity index (χ3n) is 4.43. The minimum Gasteiger partial charge on any atom is -0.306 e. The van der Waals surface area contributed by atoms with Gasteiger partial charge in [-0.3, -0.25) is 9.69 Å². The molecule has 0 saturated carbocycles. The number of aromatic amines is 1. The lowest BCUT2D eigenvalue weighted by Crippen LogP contribution is -2.25. The Morgan fingerprint density at radius 2 is 1.81 bits per heavy atom. The Balaban J connectivity index is 1.93. The van der Waals surface area contributed by atoms with E-state index in [0.29, 0.717) is 22.6 Å². The molecule has 0 saturated heterocycles. The number of hydrogen-bond acceptors (Lipinski definition) is 3. The van der Waals surface area contributed by atoms with Crippen molar-refractivity contribution in [1.82, 2.24) is 14.9 Å². The Kier molecular flexibility index (Phi) is 5.55. The Labute approximate surface area is 158 Å². The van der Waals surface area contributed by atoms with E-state index in [4.69, 9.17) is 11.6 Å². The molecular formula is C21H22ClN3O. The topological polar surface area (TPSA) is 49.0 Å². The average Bonchev–Trinajstić information content (AvgIpc) is 2.62. The van der Waals surface area contributed by atoms with Crippen LogP contribution < -0.4 is 5.56 Å². The molecule has 0 bridgehead atoms. The first kappa shape index (κ1) is 18.4. The molecule has 2 aromatic carbocycles. The highest BCUT2D eigenvalue weighted by atomic mass is 35.5. The number of H-pyrrole nitrogens is 1. The highest BCUT2D eigenvalue weighted by Gasteiger charge is 2.10. The van der Waals surface area contributed by atoms with Crippen molar-refractivity contribution in [3.63, 3.8) is 0 Å². The fourth-order valence-electron chi connectivity index (χ4n) is 2.64. The molecule has 1 heterocycles. The molecule has 0 aliphatic heterocycles. The van der Waals surface area contributed by atoms with Crippen LogP contribution in [-0.2, 0) is 6.54 Å². The fourth-order valence-corrected chi connectivity index (χ4v) is 2.87. The molecule has 0 spiro atoms. The molecule has 3 rings (SSSR count). The van der Waals surface area contributed by atoms with Gasteiger partial charge in [0.05, 0.1) is 5.69 Å². The van der Waals surface area contributed by atoms with Gasteiger partial charge in [-0.15, -0.1) is 0 Å². The van der Waals surface area contributed by atoms with E-state index in [-0.39, 0.29) is 5.56 Å². The normalized spacial score (nSPS) is 11.3. The zero-order chi connectivity index (χ0) is 18.7. The van der Waals surface area contributed by atoms with Crippen molar-refractivity contribution >= 4 is 11.6 Å². The van der Waals surface area contributed by atoms with Gasteiger partial charge in [0.25, 0.3) is 5.56 Å². The van der Waals surface area contributed by atoms with Crippen molar-refractivity contribution in [3.8, 4) is 22.6 Å². The molecule has 0 amide bonds. The van der Waals surface area contributed by atoms with E-state index in [9.17, 15) is 4.79 Å². The summed E-state index contributed by atoms with van der Waals surface area (Å²) in [5.74, 6) is 0.538. The summed E-state index contributed by atoms with van der Waals surface area (Å²) in [5.41, 5.74) is 3.20. The third kappa shape index (κ3) is 4.21. The van der Waals surface area contributed by atoms with Crippen LogP contribution in [0, 0.1) is 0 Å². The van der Waals surface area contributed by atoms with Gasteiger partial charge < -0.3 is 4.98 Å². The molecule has 5 heteroatoms. The summed E-state index contributed by atoms with van der Waals surface area (Å²) in [5, 5.41) is 0.573. The summed E-state index contributed by atoms with van der Waals surface area (Å²) in [6.45, 7) is 5.22. The first-order valence-electron chi connectivity index (χ1n) is 8.60. The van der Waals surface area contributed by atoms with Gasteiger partial charge in [0.2, 0.25) is 0 Å². The number of nitrogens with zero attached hydrogens (tertiary/aromatic N) is 2. The number of rotatable bonds is 5. The molecule has 4 nitrogen and oxygen atoms in total. The second kappa shape index (κ2) is 7.85. The number of halogens is 1. The standard InChI is InChI=1S/C21H22ClN3O/c1-14(2)25(3)13-15-8-10-16(11-9-15)21-23-19(12-20(26)24-21)17-6-4-5-7-18(17)22/h4-12,14H,13H2,1-3H3,(H,23,24,26). The first-order valence-corrected chi connectivity index (χ1v) is 8.97. The first-order chi connectivity index (χ1) is 12.4. The molecule has 0 aliphatic rings. The molecule has 1 N–H and O–H groups in total. The second-order valence-corrected chi connectivity index (χ2v) is 7.07. The van der Waals surface area contributed by atoms with Crippen molar-refractivity contribution in [2.75, 3.05) is 7.05 Å². The highest BCUT2D eigenvalue weighted by Crippen LogP contribution is 2.26. The molecule has 26 heavy (non-hydrogen) atoms. The summed E-state index contributed by atoms with van der Waals surface area (Å²) in [6, 6.07) is 17.4. The minimum absolute atomic E-state index is 0.200. The molecule has 1 aromatic heterocycles. The van der Waals surface area contributed by atoms with Crippen LogP contribution in [0.3, 0.4) is 0 Å². The van der Waals surface area contributed by atoms with Gasteiger partial charge in [-0.25, -0.2) is 4.98 Å². The largest absolute Gasteiger partial charge is 0.306 e. The maximum Gasteiger partial charge on any atom is 0.251 e. The summed E-state index contributed by atoms with van der Waals surface area (Å²) in [6.07, 6.45) is 0. The van der Waals surface area contributed by atoms with Crippen LogP contribution in [0.5, 0.6) is 0 Å². The molecular weight excluding hydrogens is 346 g/mol. The van der Waals surface area contributed by atoms with E-state index in [1.807, 2.05) is 30.3 Å². The lowest BCUT2D eigenvalue weighted by Gasteiger charge is -2.21. The van der Waals surface area contributed by atoms with Gasteiger partial charge >= 0.3 is 0 Å². The van der Waals surface area contributed by atoms with E-state index < -0.39 is 0 Å². The van der Waals surface area contributed by atoms with Gasteiger partial charge in [-0.2, -0.15) is 0 Å². The number of hydrogen-bond donors (Lipinski definition) is 1. The number of nitrogens with one attached hydrogen (secondary N) is 1. The van der Waals surface area contributed by atoms with Crippen LogP contribution in [0.25, 0.3) is 22.6 Å². The SMILES string of the molecule is CC(C)N(C)Cc1ccc(-c2nc(-c3ccccc3Cl)cc(=O)[nH]2)cc1. The third-order valence-corrected chi connectivity index (χ3v) is 4.76. The summed E-state index contributed by atoms with van der Waals surface area (Å²) < 4.78 is 0. The summed E-state index contributed by atoms with van der Waals surface area (Å²) in [7, 11) is 2.10. The Morgan fingerprint density at radius 1 is 1.12 bits per heavy atom. The van der Waals surface area contributed by atoms with Crippen LogP contribution in [-0.4, -0.2) is 28.0 Å². The van der Waals surface area contributed by atoms with E-state index in [0.717, 1.165) is 17.7 Å². The lowest BCUT2D eigenvalue weighted by molar-refractivity contribution is 0.266. The van der Waals surface area contributed by atoms with Crippen molar-refractivity contribution in [3.05, 3.63) is 75.5 Å². The molecule has 0 unspecified atom stereocenters. The van der Waals surface area contributed by atoms with Crippen molar-refractivity contribution in [2.24, 2.45) is 0 Å². The monoisotopic (exact) mass is 367 g/mol. The Morgan fingerprint density at radius 3 is 2.46 bits per heavy atom. The molecule has 0 atom stereocenters. The van der Waals surface area contributed by atoms with Gasteiger partial charge in [-0.05, 0) is 32.5 Å². The van der Waals surface area contributed by atoms with Gasteiger partial charge in [0.15, 0.2) is 0 Å². The van der Waals surface area contributed by atoms with Crippen LogP contribution in [0.2, 0.25) is 5.02 Å². The van der Waals surface area contributed by atoms with Crippen LogP contribution in [0.4, 0.5) is 0 Å². The Hall–Kier alpha value is -2.43. The summed E-state index contributed by atoms with van der Waals surface area (Å²) >= 11 is 6.25. The predicted molar refractivity (Wildman–Crippen MR) is 107 cm³/mol. The predicted octanol–water partition coefficient (Wildman–Crippen LogP) is 4.60. The van der Waals surface area contributed by atoms with E-state index in [2.05, 4.69) is 47.9 Å². The molecule has 3 aromatic rings. The van der Waals surface area contributed by atoms with Crippen LogP contribution in [0.15, 0.2) is 59.4 Å². The van der Waals surface area contributed by atoms with E-state index in [1.54, 1.807) is 6.07 Å². The maximum atomic E-state index is 12.1. The number of benzene rings is 2. The quantitative estimate of drug-likeness (QED) is 0.717. The fraction of sp³-hybridized carbons (Fsp3) is 0.238. The number of aromatic nitrogens is 2. The molecule has 0 aliphatic carbocycles. The highest BCUT2D eigenvalue weighted by molar-refractivity contribution is 6.33. The maximum absolute atomic E-state index is 12.1. The molecule has 0 fully saturated rings. The van der Waals surface area contributed by atoms with Crippen molar-refractivity contribution in [2.45, 2.75) is 26.4 Å². The van der Waals surface area contributed by atoms with Crippen molar-refractivity contribution < 1.29 is 0 Å². The minimum atomic E-state index is -0.200. The lowest BCUT2D eigenvalue weighted by atomic mass is 10.1. The molecule has 0 radical (unpaired) electrons. The Bertz CT molecular complexity index is 948. The second-order valence-electron chi connectivity index (χ2n) is 6.66. The van der Waals surface area contributed by atoms with E-state index >= 15 is 0 Å². The average molecular weight is 368 g/mol. The summed E-state index contributed by atoms with van der Waals surface area (Å²) in [4.78, 5) is 21.8. The van der Waals surface area contributed by atoms with Gasteiger partial charge in [-0.1, -0.05) is 54.1 Å². The van der Waals surface area contributed by atoms with E-state index in [1.165, 1.54) is 11.6 Å².